The molecule has 0 saturated heterocycles. The lowest BCUT2D eigenvalue weighted by Crippen LogP contribution is -2.36. The number of hydrogen-bond acceptors (Lipinski definition) is 6. The molecule has 8 nitrogen and oxygen atoms in total. The molecule has 3 aromatic rings. The van der Waals surface area contributed by atoms with Gasteiger partial charge in [0.15, 0.2) is 5.82 Å². The van der Waals surface area contributed by atoms with E-state index in [1.54, 1.807) is 10.7 Å². The fourth-order valence-corrected chi connectivity index (χ4v) is 3.06. The Morgan fingerprint density at radius 3 is 2.80 bits per heavy atom. The van der Waals surface area contributed by atoms with Gasteiger partial charge in [-0.3, -0.25) is 4.79 Å². The van der Waals surface area contributed by atoms with E-state index >= 15 is 0 Å². The molecule has 1 amide bonds. The lowest BCUT2D eigenvalue weighted by molar-refractivity contribution is 0.0733. The average Bonchev–Trinajstić information content (AvgIpc) is 3.00. The van der Waals surface area contributed by atoms with Crippen LogP contribution in [-0.4, -0.2) is 56.6 Å². The first kappa shape index (κ1) is 15.5. The molecule has 1 aromatic carbocycles. The van der Waals surface area contributed by atoms with Gasteiger partial charge in [-0.05, 0) is 29.8 Å². The molecule has 0 spiro atoms. The van der Waals surface area contributed by atoms with E-state index in [-0.39, 0.29) is 5.91 Å². The van der Waals surface area contributed by atoms with Crippen molar-refractivity contribution in [3.05, 3.63) is 41.1 Å². The molecule has 2 aromatic heterocycles. The highest BCUT2D eigenvalue weighted by atomic mass is 16.2. The summed E-state index contributed by atoms with van der Waals surface area (Å²) in [6.07, 6.45) is 0.717. The molecule has 0 N–H and O–H groups in total. The van der Waals surface area contributed by atoms with Crippen molar-refractivity contribution in [2.45, 2.75) is 13.0 Å². The lowest BCUT2D eigenvalue weighted by atomic mass is 10.0. The number of benzene rings is 1. The zero-order valence-corrected chi connectivity index (χ0v) is 14.5. The summed E-state index contributed by atoms with van der Waals surface area (Å²) in [6.45, 7) is 1.18. The summed E-state index contributed by atoms with van der Waals surface area (Å²) in [6, 6.07) is 7.53. The zero-order chi connectivity index (χ0) is 17.6. The van der Waals surface area contributed by atoms with Gasteiger partial charge in [0.25, 0.3) is 5.91 Å². The van der Waals surface area contributed by atoms with Crippen LogP contribution in [0.3, 0.4) is 0 Å². The maximum atomic E-state index is 12.9. The van der Waals surface area contributed by atoms with Gasteiger partial charge in [-0.1, -0.05) is 5.21 Å². The van der Waals surface area contributed by atoms with Crippen LogP contribution in [0, 0.1) is 0 Å². The van der Waals surface area contributed by atoms with E-state index in [0.29, 0.717) is 18.7 Å². The number of rotatable bonds is 2. The second kappa shape index (κ2) is 5.80. The molecule has 128 valence electrons. The summed E-state index contributed by atoms with van der Waals surface area (Å²) >= 11 is 0. The molecule has 3 heterocycles. The van der Waals surface area contributed by atoms with Crippen LogP contribution in [0.1, 0.15) is 21.6 Å². The second-order valence-corrected chi connectivity index (χ2v) is 6.46. The lowest BCUT2D eigenvalue weighted by Gasteiger charge is -2.28. The third-order valence-electron chi connectivity index (χ3n) is 4.53. The molecular weight excluding hydrogens is 318 g/mol. The highest BCUT2D eigenvalue weighted by molar-refractivity contribution is 5.97. The van der Waals surface area contributed by atoms with Gasteiger partial charge in [0.05, 0.1) is 11.2 Å². The van der Waals surface area contributed by atoms with E-state index in [4.69, 9.17) is 0 Å². The van der Waals surface area contributed by atoms with Gasteiger partial charge in [-0.15, -0.1) is 10.2 Å². The molecular formula is C17H19N7O. The van der Waals surface area contributed by atoms with Crippen molar-refractivity contribution in [3.8, 4) is 0 Å². The van der Waals surface area contributed by atoms with E-state index in [9.17, 15) is 4.79 Å². The topological polar surface area (TPSA) is 80.0 Å². The Balaban J connectivity index is 1.61. The van der Waals surface area contributed by atoms with Gasteiger partial charge < -0.3 is 9.80 Å². The number of nitrogens with zero attached hydrogens (tertiary/aromatic N) is 7. The van der Waals surface area contributed by atoms with Crippen molar-refractivity contribution in [1.29, 1.82) is 0 Å². The molecule has 8 heteroatoms. The highest BCUT2D eigenvalue weighted by Crippen LogP contribution is 2.22. The molecule has 25 heavy (non-hydrogen) atoms. The first-order valence-electron chi connectivity index (χ1n) is 8.14. The van der Waals surface area contributed by atoms with Crippen molar-refractivity contribution in [1.82, 2.24) is 30.1 Å². The molecule has 0 fully saturated rings. The first-order valence-corrected chi connectivity index (χ1v) is 8.14. The fourth-order valence-electron chi connectivity index (χ4n) is 3.06. The maximum absolute atomic E-state index is 12.9. The Kier molecular flexibility index (Phi) is 3.60. The first-order chi connectivity index (χ1) is 12.0. The van der Waals surface area contributed by atoms with Gasteiger partial charge >= 0.3 is 0 Å². The summed E-state index contributed by atoms with van der Waals surface area (Å²) in [5, 5.41) is 16.6. The van der Waals surface area contributed by atoms with Crippen LogP contribution < -0.4 is 4.90 Å². The monoisotopic (exact) mass is 337 g/mol. The Labute approximate surface area is 145 Å². The predicted molar refractivity (Wildman–Crippen MR) is 93.3 cm³/mol. The SMILES string of the molecule is CN(C)c1cc2c(nn1)CCN(C(=O)c1ccc3c(c1)nnn3C)C2. The second-order valence-electron chi connectivity index (χ2n) is 6.46. The molecule has 1 aliphatic rings. The van der Waals surface area contributed by atoms with Crippen molar-refractivity contribution < 1.29 is 4.79 Å². The summed E-state index contributed by atoms with van der Waals surface area (Å²) in [7, 11) is 5.69. The largest absolute Gasteiger partial charge is 0.361 e. The molecule has 4 rings (SSSR count). The molecule has 0 atom stereocenters. The third-order valence-corrected chi connectivity index (χ3v) is 4.53. The Bertz CT molecular complexity index is 963. The number of fused-ring (bicyclic) bond motifs is 2. The number of carbonyl (C=O) groups excluding carboxylic acids is 1. The number of aromatic nitrogens is 5. The number of amides is 1. The van der Waals surface area contributed by atoms with Gasteiger partial charge in [0.2, 0.25) is 0 Å². The van der Waals surface area contributed by atoms with E-state index in [0.717, 1.165) is 34.5 Å². The van der Waals surface area contributed by atoms with Crippen LogP contribution >= 0.6 is 0 Å². The molecule has 0 bridgehead atoms. The standard InChI is InChI=1S/C17H19N7O/c1-22(2)16-9-12-10-24(7-6-13(12)18-20-16)17(25)11-4-5-15-14(8-11)19-21-23(15)3/h4-5,8-9H,6-7,10H2,1-3H3. The normalized spacial score (nSPS) is 13.8. The number of anilines is 1. The molecule has 0 unspecified atom stereocenters. The van der Waals surface area contributed by atoms with E-state index in [2.05, 4.69) is 20.5 Å². The smallest absolute Gasteiger partial charge is 0.254 e. The van der Waals surface area contributed by atoms with Gasteiger partial charge in [0, 0.05) is 46.2 Å². The number of carbonyl (C=O) groups is 1. The minimum absolute atomic E-state index is 0.00131. The number of hydrogen-bond donors (Lipinski definition) is 0. The van der Waals surface area contributed by atoms with Gasteiger partial charge in [-0.2, -0.15) is 5.10 Å². The van der Waals surface area contributed by atoms with E-state index < -0.39 is 0 Å². The molecule has 1 aliphatic heterocycles. The minimum atomic E-state index is 0.00131. The minimum Gasteiger partial charge on any atom is -0.361 e. The van der Waals surface area contributed by atoms with Gasteiger partial charge in [-0.25, -0.2) is 4.68 Å². The van der Waals surface area contributed by atoms with Crippen molar-refractivity contribution >= 4 is 22.8 Å². The molecule has 0 radical (unpaired) electrons. The van der Waals surface area contributed by atoms with Crippen LogP contribution in [0.15, 0.2) is 24.3 Å². The van der Waals surface area contributed by atoms with E-state index in [1.165, 1.54) is 0 Å². The fraction of sp³-hybridized carbons (Fsp3) is 0.353. The van der Waals surface area contributed by atoms with Crippen molar-refractivity contribution in [2.24, 2.45) is 7.05 Å². The van der Waals surface area contributed by atoms with Crippen LogP contribution in [0.5, 0.6) is 0 Å². The maximum Gasteiger partial charge on any atom is 0.254 e. The summed E-state index contributed by atoms with van der Waals surface area (Å²) in [5.74, 6) is 0.801. The van der Waals surface area contributed by atoms with Gasteiger partial charge in [0.1, 0.15) is 5.52 Å². The zero-order valence-electron chi connectivity index (χ0n) is 14.5. The van der Waals surface area contributed by atoms with Crippen molar-refractivity contribution in [3.63, 3.8) is 0 Å². The third kappa shape index (κ3) is 2.69. The summed E-state index contributed by atoms with van der Waals surface area (Å²) < 4.78 is 1.70. The molecule has 0 saturated carbocycles. The Morgan fingerprint density at radius 1 is 1.16 bits per heavy atom. The average molecular weight is 337 g/mol. The highest BCUT2D eigenvalue weighted by Gasteiger charge is 2.24. The Hall–Kier alpha value is -3.03. The van der Waals surface area contributed by atoms with Crippen LogP contribution in [0.25, 0.3) is 11.0 Å². The van der Waals surface area contributed by atoms with Crippen molar-refractivity contribution in [2.75, 3.05) is 25.5 Å². The van der Waals surface area contributed by atoms with Crippen LogP contribution in [0.4, 0.5) is 5.82 Å². The quantitative estimate of drug-likeness (QED) is 0.695. The van der Waals surface area contributed by atoms with Crippen LogP contribution in [0.2, 0.25) is 0 Å². The van der Waals surface area contributed by atoms with Crippen LogP contribution in [-0.2, 0) is 20.0 Å². The predicted octanol–water partition coefficient (Wildman–Crippen LogP) is 1.02. The summed E-state index contributed by atoms with van der Waals surface area (Å²) in [5.41, 5.74) is 4.29. The Morgan fingerprint density at radius 2 is 2.00 bits per heavy atom. The van der Waals surface area contributed by atoms with E-state index in [1.807, 2.05) is 49.1 Å². The number of aryl methyl sites for hydroxylation is 1. The summed E-state index contributed by atoms with van der Waals surface area (Å²) in [4.78, 5) is 16.7. The molecule has 0 aliphatic carbocycles.